The van der Waals surface area contributed by atoms with E-state index < -0.39 is 5.41 Å². The number of hydrogen-bond donors (Lipinski definition) is 1. The number of benzene rings is 1. The van der Waals surface area contributed by atoms with Gasteiger partial charge in [-0.2, -0.15) is 5.10 Å². The summed E-state index contributed by atoms with van der Waals surface area (Å²) in [6.45, 7) is 5.71. The molecule has 17 heavy (non-hydrogen) atoms. The number of carbonyl (C=O) groups excluding carboxylic acids is 1. The highest BCUT2D eigenvalue weighted by Gasteiger charge is 2.24. The first-order valence-electron chi connectivity index (χ1n) is 5.49. The van der Waals surface area contributed by atoms with Gasteiger partial charge in [-0.25, -0.2) is 0 Å². The first-order valence-corrected chi connectivity index (χ1v) is 5.49. The number of hydrogen-bond acceptors (Lipinski definition) is 3. The van der Waals surface area contributed by atoms with E-state index >= 15 is 0 Å². The third kappa shape index (κ3) is 2.02. The molecular formula is C13H16N2O2. The lowest BCUT2D eigenvalue weighted by Crippen LogP contribution is -2.20. The van der Waals surface area contributed by atoms with Gasteiger partial charge in [-0.05, 0) is 12.1 Å². The van der Waals surface area contributed by atoms with Crippen molar-refractivity contribution in [2.75, 3.05) is 7.11 Å². The Bertz CT molecular complexity index is 564. The number of ether oxygens (including phenoxy) is 1. The van der Waals surface area contributed by atoms with Crippen LogP contribution in [0.15, 0.2) is 18.3 Å². The van der Waals surface area contributed by atoms with Crippen LogP contribution in [0.25, 0.3) is 10.9 Å². The monoisotopic (exact) mass is 232 g/mol. The van der Waals surface area contributed by atoms with Crippen LogP contribution < -0.4 is 4.74 Å². The second kappa shape index (κ2) is 3.87. The molecule has 0 aliphatic rings. The highest BCUT2D eigenvalue weighted by atomic mass is 16.5. The number of ketones is 1. The molecule has 0 aliphatic carbocycles. The molecule has 0 saturated carbocycles. The van der Waals surface area contributed by atoms with E-state index in [0.29, 0.717) is 11.3 Å². The number of methoxy groups -OCH3 is 1. The fourth-order valence-electron chi connectivity index (χ4n) is 1.75. The Kier molecular flexibility index (Phi) is 2.65. The maximum atomic E-state index is 12.2. The van der Waals surface area contributed by atoms with Gasteiger partial charge in [0.15, 0.2) is 5.78 Å². The summed E-state index contributed by atoms with van der Waals surface area (Å²) in [7, 11) is 1.59. The summed E-state index contributed by atoms with van der Waals surface area (Å²) < 4.78 is 5.28. The fraction of sp³-hybridized carbons (Fsp3) is 0.385. The standard InChI is InChI=1S/C13H16N2O2/c1-13(2,3)12(16)8-5-10-9(7-14-15-10)11(6-8)17-4/h5-7H,1-4H3,(H,14,15). The number of fused-ring (bicyclic) bond motifs is 1. The predicted octanol–water partition coefficient (Wildman–Crippen LogP) is 2.80. The van der Waals surface area contributed by atoms with Crippen LogP contribution in [0.5, 0.6) is 5.75 Å². The number of aromatic nitrogens is 2. The minimum Gasteiger partial charge on any atom is -0.496 e. The Morgan fingerprint density at radius 3 is 2.65 bits per heavy atom. The summed E-state index contributed by atoms with van der Waals surface area (Å²) in [6.07, 6.45) is 1.69. The van der Waals surface area contributed by atoms with Crippen molar-refractivity contribution in [2.45, 2.75) is 20.8 Å². The SMILES string of the molecule is COc1cc(C(=O)C(C)(C)C)cc2[nH]ncc12. The third-order valence-corrected chi connectivity index (χ3v) is 2.68. The molecule has 1 N–H and O–H groups in total. The second-order valence-electron chi connectivity index (χ2n) is 5.09. The lowest BCUT2D eigenvalue weighted by Gasteiger charge is -2.17. The molecule has 2 rings (SSSR count). The Labute approximate surface area is 100.0 Å². The zero-order chi connectivity index (χ0) is 12.6. The molecule has 2 aromatic rings. The van der Waals surface area contributed by atoms with Gasteiger partial charge >= 0.3 is 0 Å². The molecule has 1 heterocycles. The van der Waals surface area contributed by atoms with Crippen molar-refractivity contribution in [3.8, 4) is 5.75 Å². The van der Waals surface area contributed by atoms with Crippen molar-refractivity contribution in [1.29, 1.82) is 0 Å². The first-order chi connectivity index (χ1) is 7.93. The predicted molar refractivity (Wildman–Crippen MR) is 66.4 cm³/mol. The summed E-state index contributed by atoms with van der Waals surface area (Å²) >= 11 is 0. The minimum absolute atomic E-state index is 0.0901. The van der Waals surface area contributed by atoms with E-state index in [9.17, 15) is 4.79 Å². The van der Waals surface area contributed by atoms with Gasteiger partial charge in [0.2, 0.25) is 0 Å². The van der Waals surface area contributed by atoms with Gasteiger partial charge in [0, 0.05) is 11.0 Å². The average molecular weight is 232 g/mol. The molecule has 4 nitrogen and oxygen atoms in total. The number of aromatic amines is 1. The molecule has 0 unspecified atom stereocenters. The van der Waals surface area contributed by atoms with Crippen molar-refractivity contribution in [3.63, 3.8) is 0 Å². The highest BCUT2D eigenvalue weighted by Crippen LogP contribution is 2.29. The molecule has 4 heteroatoms. The van der Waals surface area contributed by atoms with Gasteiger partial charge in [0.05, 0.1) is 24.2 Å². The molecule has 0 spiro atoms. The topological polar surface area (TPSA) is 55.0 Å². The molecule has 0 amide bonds. The van der Waals surface area contributed by atoms with Crippen LogP contribution in [0, 0.1) is 5.41 Å². The Hall–Kier alpha value is -1.84. The van der Waals surface area contributed by atoms with E-state index in [0.717, 1.165) is 10.9 Å². The van der Waals surface area contributed by atoms with E-state index in [4.69, 9.17) is 4.74 Å². The highest BCUT2D eigenvalue weighted by molar-refractivity contribution is 6.03. The van der Waals surface area contributed by atoms with Crippen LogP contribution in [0.1, 0.15) is 31.1 Å². The third-order valence-electron chi connectivity index (χ3n) is 2.68. The van der Waals surface area contributed by atoms with Crippen molar-refractivity contribution in [3.05, 3.63) is 23.9 Å². The molecule has 0 atom stereocenters. The average Bonchev–Trinajstić information content (AvgIpc) is 2.73. The van der Waals surface area contributed by atoms with Gasteiger partial charge < -0.3 is 4.74 Å². The number of H-pyrrole nitrogens is 1. The van der Waals surface area contributed by atoms with E-state index in [1.807, 2.05) is 26.8 Å². The molecule has 0 saturated heterocycles. The van der Waals surface area contributed by atoms with Crippen molar-refractivity contribution in [1.82, 2.24) is 10.2 Å². The number of carbonyl (C=O) groups is 1. The van der Waals surface area contributed by atoms with E-state index in [2.05, 4.69) is 10.2 Å². The molecule has 0 fully saturated rings. The molecule has 0 aliphatic heterocycles. The van der Waals surface area contributed by atoms with Gasteiger partial charge in [0.25, 0.3) is 0 Å². The normalized spacial score (nSPS) is 11.8. The second-order valence-corrected chi connectivity index (χ2v) is 5.09. The van der Waals surface area contributed by atoms with Gasteiger partial charge in [-0.3, -0.25) is 9.89 Å². The van der Waals surface area contributed by atoms with E-state index in [1.165, 1.54) is 0 Å². The molecule has 0 radical (unpaired) electrons. The molecule has 90 valence electrons. The zero-order valence-corrected chi connectivity index (χ0v) is 10.5. The summed E-state index contributed by atoms with van der Waals surface area (Å²) in [4.78, 5) is 12.2. The summed E-state index contributed by atoms with van der Waals surface area (Å²) in [5, 5.41) is 7.70. The van der Waals surface area contributed by atoms with Crippen molar-refractivity contribution >= 4 is 16.7 Å². The van der Waals surface area contributed by atoms with Crippen LogP contribution in [0.2, 0.25) is 0 Å². The molecule has 1 aromatic heterocycles. The Morgan fingerprint density at radius 2 is 2.06 bits per heavy atom. The summed E-state index contributed by atoms with van der Waals surface area (Å²) in [6, 6.07) is 3.59. The summed E-state index contributed by atoms with van der Waals surface area (Å²) in [5.41, 5.74) is 1.06. The van der Waals surface area contributed by atoms with Crippen LogP contribution >= 0.6 is 0 Å². The lowest BCUT2D eigenvalue weighted by atomic mass is 9.86. The number of rotatable bonds is 2. The van der Waals surface area contributed by atoms with Gasteiger partial charge in [-0.15, -0.1) is 0 Å². The Balaban J connectivity index is 2.60. The zero-order valence-electron chi connectivity index (χ0n) is 10.5. The smallest absolute Gasteiger partial charge is 0.168 e. The molecule has 1 aromatic carbocycles. The maximum absolute atomic E-state index is 12.2. The molecule has 0 bridgehead atoms. The largest absolute Gasteiger partial charge is 0.496 e. The summed E-state index contributed by atoms with van der Waals surface area (Å²) in [5.74, 6) is 0.760. The number of nitrogens with one attached hydrogen (secondary N) is 1. The van der Waals surface area contributed by atoms with Crippen molar-refractivity contribution < 1.29 is 9.53 Å². The van der Waals surface area contributed by atoms with E-state index in [-0.39, 0.29) is 5.78 Å². The molecular weight excluding hydrogens is 216 g/mol. The number of Topliss-reactive ketones (excluding diaryl/α,β-unsaturated/α-hetero) is 1. The van der Waals surface area contributed by atoms with Gasteiger partial charge in [-0.1, -0.05) is 20.8 Å². The number of nitrogens with zero attached hydrogens (tertiary/aromatic N) is 1. The van der Waals surface area contributed by atoms with Crippen LogP contribution in [-0.4, -0.2) is 23.1 Å². The minimum atomic E-state index is -0.404. The van der Waals surface area contributed by atoms with Gasteiger partial charge in [0.1, 0.15) is 5.75 Å². The maximum Gasteiger partial charge on any atom is 0.168 e. The fourth-order valence-corrected chi connectivity index (χ4v) is 1.75. The van der Waals surface area contributed by atoms with Crippen LogP contribution in [0.4, 0.5) is 0 Å². The Morgan fingerprint density at radius 1 is 1.35 bits per heavy atom. The van der Waals surface area contributed by atoms with Crippen molar-refractivity contribution in [2.24, 2.45) is 5.41 Å². The quantitative estimate of drug-likeness (QED) is 0.810. The lowest BCUT2D eigenvalue weighted by molar-refractivity contribution is 0.0858. The van der Waals surface area contributed by atoms with E-state index in [1.54, 1.807) is 19.4 Å². The first kappa shape index (κ1) is 11.6. The van der Waals surface area contributed by atoms with Crippen LogP contribution in [0.3, 0.4) is 0 Å². The van der Waals surface area contributed by atoms with Crippen LogP contribution in [-0.2, 0) is 0 Å².